The zero-order chi connectivity index (χ0) is 19.3. The van der Waals surface area contributed by atoms with Gasteiger partial charge in [-0.15, -0.1) is 0 Å². The molecule has 0 radical (unpaired) electrons. The Balaban J connectivity index is 1.68. The zero-order valence-electron chi connectivity index (χ0n) is 17.3. The van der Waals surface area contributed by atoms with Gasteiger partial charge >= 0.3 is 0 Å². The van der Waals surface area contributed by atoms with Crippen LogP contribution in [0, 0.1) is 6.92 Å². The molecular weight excluding hydrogens is 328 g/mol. The number of pyridine rings is 2. The minimum absolute atomic E-state index is 0.433. The highest BCUT2D eigenvalue weighted by atomic mass is 14.9. The highest BCUT2D eigenvalue weighted by molar-refractivity contribution is 5.84. The number of fused-ring (bicyclic) bond motifs is 3. The molecule has 0 spiro atoms. The van der Waals surface area contributed by atoms with Crippen LogP contribution < -0.4 is 4.57 Å². The lowest BCUT2D eigenvalue weighted by atomic mass is 9.83. The Morgan fingerprint density at radius 3 is 2.78 bits per heavy atom. The molecular formula is C25H27N2+. The summed E-state index contributed by atoms with van der Waals surface area (Å²) < 4.78 is 11.3. The van der Waals surface area contributed by atoms with E-state index in [0.29, 0.717) is 0 Å². The van der Waals surface area contributed by atoms with E-state index < -0.39 is 5.89 Å². The van der Waals surface area contributed by atoms with Crippen molar-refractivity contribution in [2.24, 2.45) is 7.05 Å². The lowest BCUT2D eigenvalue weighted by Gasteiger charge is -2.22. The lowest BCUT2D eigenvalue weighted by molar-refractivity contribution is -0.660. The minimum Gasteiger partial charge on any atom is -0.260 e. The molecule has 2 heteroatoms. The molecule has 2 nitrogen and oxygen atoms in total. The normalized spacial score (nSPS) is 17.9. The van der Waals surface area contributed by atoms with Crippen LogP contribution in [0.15, 0.2) is 48.8 Å². The van der Waals surface area contributed by atoms with Crippen molar-refractivity contribution in [1.82, 2.24) is 4.98 Å². The van der Waals surface area contributed by atoms with Crippen molar-refractivity contribution in [2.45, 2.75) is 51.3 Å². The summed E-state index contributed by atoms with van der Waals surface area (Å²) in [5.74, 6) is -0.433. The zero-order valence-corrected chi connectivity index (χ0v) is 16.3. The van der Waals surface area contributed by atoms with E-state index in [-0.39, 0.29) is 0 Å². The van der Waals surface area contributed by atoms with Crippen molar-refractivity contribution in [3.8, 4) is 22.4 Å². The molecule has 0 saturated heterocycles. The predicted octanol–water partition coefficient (Wildman–Crippen LogP) is 5.50. The average molecular weight is 357 g/mol. The van der Waals surface area contributed by atoms with E-state index in [1.807, 2.05) is 12.3 Å². The van der Waals surface area contributed by atoms with E-state index in [1.54, 1.807) is 0 Å². The van der Waals surface area contributed by atoms with Crippen LogP contribution in [0.1, 0.15) is 61.8 Å². The predicted molar refractivity (Wildman–Crippen MR) is 110 cm³/mol. The van der Waals surface area contributed by atoms with Gasteiger partial charge in [0, 0.05) is 31.7 Å². The molecule has 1 fully saturated rings. The topological polar surface area (TPSA) is 16.8 Å². The second kappa shape index (κ2) is 6.60. The van der Waals surface area contributed by atoms with Gasteiger partial charge in [0.2, 0.25) is 5.69 Å². The summed E-state index contributed by atoms with van der Waals surface area (Å²) in [5, 5.41) is 0. The number of rotatable bonds is 2. The van der Waals surface area contributed by atoms with Crippen LogP contribution in [0.3, 0.4) is 0 Å². The Morgan fingerprint density at radius 2 is 1.93 bits per heavy atom. The van der Waals surface area contributed by atoms with Crippen molar-refractivity contribution < 1.29 is 5.94 Å². The fraction of sp³-hybridized carbons (Fsp3) is 0.360. The number of hydrogen-bond donors (Lipinski definition) is 0. The first-order valence-corrected chi connectivity index (χ1v) is 10.1. The quantitative estimate of drug-likeness (QED) is 0.433. The van der Waals surface area contributed by atoms with Gasteiger partial charge in [-0.3, -0.25) is 4.98 Å². The van der Waals surface area contributed by atoms with Gasteiger partial charge in [0.25, 0.3) is 0 Å². The molecule has 2 aliphatic carbocycles. The summed E-state index contributed by atoms with van der Waals surface area (Å²) in [6, 6.07) is 13.2. The highest BCUT2D eigenvalue weighted by Crippen LogP contribution is 2.42. The maximum absolute atomic E-state index is 9.08. The van der Waals surface area contributed by atoms with E-state index >= 15 is 0 Å². The number of hydrogen-bond acceptors (Lipinski definition) is 1. The van der Waals surface area contributed by atoms with Gasteiger partial charge in [0.15, 0.2) is 6.20 Å². The van der Waals surface area contributed by atoms with Crippen molar-refractivity contribution >= 4 is 0 Å². The summed E-state index contributed by atoms with van der Waals surface area (Å²) in [6.45, 7) is 2.20. The van der Waals surface area contributed by atoms with Crippen LogP contribution in [-0.2, 0) is 13.5 Å². The molecule has 1 aromatic carbocycles. The van der Waals surface area contributed by atoms with E-state index in [2.05, 4.69) is 60.1 Å². The van der Waals surface area contributed by atoms with Crippen LogP contribution in [0.5, 0.6) is 0 Å². The molecule has 0 atom stereocenters. The lowest BCUT2D eigenvalue weighted by Crippen LogP contribution is -2.31. The molecule has 0 N–H and O–H groups in total. The molecule has 27 heavy (non-hydrogen) atoms. The number of nitrogens with zero attached hydrogens (tertiary/aromatic N) is 2. The van der Waals surface area contributed by atoms with Gasteiger partial charge in [-0.2, -0.15) is 0 Å². The second-order valence-electron chi connectivity index (χ2n) is 8.03. The number of aryl methyl sites for hydroxylation is 2. The van der Waals surface area contributed by atoms with Crippen molar-refractivity contribution in [1.29, 1.82) is 0 Å². The van der Waals surface area contributed by atoms with Crippen LogP contribution in [0.2, 0.25) is 0 Å². The van der Waals surface area contributed by atoms with Crippen molar-refractivity contribution in [3.05, 3.63) is 71.2 Å². The second-order valence-corrected chi connectivity index (χ2v) is 8.03. The molecule has 0 amide bonds. The maximum Gasteiger partial charge on any atom is 0.213 e. The van der Waals surface area contributed by atoms with Gasteiger partial charge in [0.05, 0.1) is 11.3 Å². The molecule has 3 aromatic rings. The third-order valence-corrected chi connectivity index (χ3v) is 6.32. The van der Waals surface area contributed by atoms with Crippen LogP contribution in [0.4, 0.5) is 0 Å². The van der Waals surface area contributed by atoms with Crippen LogP contribution >= 0.6 is 0 Å². The molecule has 0 unspecified atom stereocenters. The molecule has 2 aromatic heterocycles. The molecule has 2 heterocycles. The molecule has 1 saturated carbocycles. The van der Waals surface area contributed by atoms with Crippen molar-refractivity contribution in [3.63, 3.8) is 0 Å². The minimum atomic E-state index is -0.433. The van der Waals surface area contributed by atoms with Crippen LogP contribution in [0.25, 0.3) is 22.4 Å². The van der Waals surface area contributed by atoms with E-state index in [4.69, 9.17) is 1.37 Å². The Kier molecular flexibility index (Phi) is 3.80. The summed E-state index contributed by atoms with van der Waals surface area (Å²) in [5.41, 5.74) is 10.1. The largest absolute Gasteiger partial charge is 0.260 e. The fourth-order valence-corrected chi connectivity index (χ4v) is 4.85. The van der Waals surface area contributed by atoms with Crippen molar-refractivity contribution in [2.75, 3.05) is 0 Å². The molecule has 0 aliphatic heterocycles. The highest BCUT2D eigenvalue weighted by Gasteiger charge is 2.28. The van der Waals surface area contributed by atoms with E-state index in [0.717, 1.165) is 19.3 Å². The Bertz CT molecular complexity index is 1060. The molecule has 2 aliphatic rings. The maximum atomic E-state index is 9.08. The van der Waals surface area contributed by atoms with Gasteiger partial charge in [-0.25, -0.2) is 4.57 Å². The molecule has 136 valence electrons. The van der Waals surface area contributed by atoms with Gasteiger partial charge in [-0.1, -0.05) is 37.5 Å². The smallest absolute Gasteiger partial charge is 0.213 e. The summed E-state index contributed by atoms with van der Waals surface area (Å²) in [4.78, 5) is 4.63. The SMILES string of the molecule is [2H]C1(c2cc[n+](C)c(-c3c(C)ccc4c3Cc3ncccc3-4)c2)CCCCC1. The Hall–Kier alpha value is -2.48. The third-order valence-electron chi connectivity index (χ3n) is 6.32. The van der Waals surface area contributed by atoms with Gasteiger partial charge in [-0.05, 0) is 54.0 Å². The fourth-order valence-electron chi connectivity index (χ4n) is 4.85. The first-order valence-electron chi connectivity index (χ1n) is 10.6. The monoisotopic (exact) mass is 356 g/mol. The average Bonchev–Trinajstić information content (AvgIpc) is 3.08. The van der Waals surface area contributed by atoms with Gasteiger partial charge in [0.1, 0.15) is 7.05 Å². The first-order chi connectivity index (χ1) is 13.6. The Morgan fingerprint density at radius 1 is 1.07 bits per heavy atom. The van der Waals surface area contributed by atoms with Crippen LogP contribution in [-0.4, -0.2) is 4.98 Å². The standard InChI is InChI=1S/C25H27N2/c1-17-10-11-20-21-9-6-13-26-23(21)16-22(20)25(17)24-15-19(12-14-27(24)2)18-7-4-3-5-8-18/h6,9-15,18H,3-5,7-8,16H2,1-2H3/q+1/i18D. The van der Waals surface area contributed by atoms with Gasteiger partial charge < -0.3 is 0 Å². The molecule has 0 bridgehead atoms. The summed E-state index contributed by atoms with van der Waals surface area (Å²) in [6.07, 6.45) is 10.5. The van der Waals surface area contributed by atoms with E-state index in [1.165, 1.54) is 64.0 Å². The Labute approximate surface area is 163 Å². The number of benzene rings is 1. The summed E-state index contributed by atoms with van der Waals surface area (Å²) >= 11 is 0. The van der Waals surface area contributed by atoms with E-state index in [9.17, 15) is 0 Å². The molecule has 5 rings (SSSR count). The summed E-state index contributed by atoms with van der Waals surface area (Å²) in [7, 11) is 2.12. The first kappa shape index (κ1) is 15.6. The number of aromatic nitrogens is 2. The third kappa shape index (κ3) is 2.79.